The van der Waals surface area contributed by atoms with Crippen LogP contribution in [0.2, 0.25) is 0 Å². The van der Waals surface area contributed by atoms with Crippen molar-refractivity contribution in [3.63, 3.8) is 0 Å². The summed E-state index contributed by atoms with van der Waals surface area (Å²) in [5.41, 5.74) is 0.620. The van der Waals surface area contributed by atoms with Crippen molar-refractivity contribution in [2.24, 2.45) is 5.16 Å². The summed E-state index contributed by atoms with van der Waals surface area (Å²) < 4.78 is 0. The fourth-order valence-electron chi connectivity index (χ4n) is 1.85. The molecule has 122 valence electrons. The van der Waals surface area contributed by atoms with E-state index in [0.717, 1.165) is 4.90 Å². The second-order valence-corrected chi connectivity index (χ2v) is 5.69. The summed E-state index contributed by atoms with van der Waals surface area (Å²) in [6, 6.07) is 15.0. The molecule has 24 heavy (non-hydrogen) atoms. The minimum Gasteiger partial charge on any atom is -0.309 e. The molecule has 0 bridgehead atoms. The molecule has 0 radical (unpaired) electrons. The van der Waals surface area contributed by atoms with Crippen LogP contribution in [0.15, 0.2) is 64.6 Å². The Morgan fingerprint density at radius 2 is 1.46 bits per heavy atom. The Labute approximate surface area is 143 Å². The molecule has 0 spiro atoms. The molecule has 0 amide bonds. The van der Waals surface area contributed by atoms with Crippen LogP contribution in [0, 0.1) is 0 Å². The third kappa shape index (κ3) is 4.39. The van der Waals surface area contributed by atoms with Crippen LogP contribution in [-0.4, -0.2) is 29.5 Å². The highest BCUT2D eigenvalue weighted by atomic mass is 32.2. The molecule has 0 unspecified atom stereocenters. The minimum absolute atomic E-state index is 0.0129. The highest BCUT2D eigenvalue weighted by molar-refractivity contribution is 7.98. The topological polar surface area (TPSA) is 72.8 Å². The van der Waals surface area contributed by atoms with Crippen molar-refractivity contribution >= 4 is 35.0 Å². The first kappa shape index (κ1) is 17.6. The number of carbonyl (C=O) groups is 3. The Hall–Kier alpha value is -2.73. The maximum Gasteiger partial charge on any atom is 0.405 e. The predicted molar refractivity (Wildman–Crippen MR) is 92.5 cm³/mol. The molecule has 0 fully saturated rings. The standard InChI is InChI=1S/C18H15NO4S/c1-12(16(20)14-8-10-15(24-2)11-9-14)19-23-18(22)17(21)13-6-4-3-5-7-13/h3-11H,1-2H3/b19-12+. The molecule has 0 aliphatic carbocycles. The first-order chi connectivity index (χ1) is 11.5. The van der Waals surface area contributed by atoms with E-state index in [4.69, 9.17) is 0 Å². The highest BCUT2D eigenvalue weighted by Gasteiger charge is 2.19. The summed E-state index contributed by atoms with van der Waals surface area (Å²) in [5, 5.41) is 3.48. The molecule has 2 rings (SSSR count). The summed E-state index contributed by atoms with van der Waals surface area (Å²) in [6.07, 6.45) is 1.94. The number of oxime groups is 1. The van der Waals surface area contributed by atoms with Gasteiger partial charge in [-0.05, 0) is 37.4 Å². The summed E-state index contributed by atoms with van der Waals surface area (Å²) in [5.74, 6) is -2.32. The molecule has 5 nitrogen and oxygen atoms in total. The van der Waals surface area contributed by atoms with Gasteiger partial charge in [0.25, 0.3) is 5.78 Å². The minimum atomic E-state index is -1.13. The summed E-state index contributed by atoms with van der Waals surface area (Å²) in [6.45, 7) is 1.42. The molecular weight excluding hydrogens is 326 g/mol. The van der Waals surface area contributed by atoms with Gasteiger partial charge in [0, 0.05) is 16.0 Å². The fraction of sp³-hybridized carbons (Fsp3) is 0.111. The number of hydrogen-bond donors (Lipinski definition) is 0. The number of hydrogen-bond acceptors (Lipinski definition) is 6. The smallest absolute Gasteiger partial charge is 0.309 e. The molecule has 0 saturated carbocycles. The van der Waals surface area contributed by atoms with Gasteiger partial charge in [-0.25, -0.2) is 4.79 Å². The maximum atomic E-state index is 12.2. The Morgan fingerprint density at radius 3 is 2.04 bits per heavy atom. The second-order valence-electron chi connectivity index (χ2n) is 4.81. The lowest BCUT2D eigenvalue weighted by atomic mass is 10.1. The molecule has 2 aromatic carbocycles. The van der Waals surface area contributed by atoms with E-state index in [2.05, 4.69) is 9.99 Å². The number of benzene rings is 2. The van der Waals surface area contributed by atoms with E-state index in [9.17, 15) is 14.4 Å². The number of Topliss-reactive ketones (excluding diaryl/α,β-unsaturated/α-hetero) is 2. The molecule has 0 N–H and O–H groups in total. The fourth-order valence-corrected chi connectivity index (χ4v) is 2.26. The van der Waals surface area contributed by atoms with Gasteiger partial charge in [0.1, 0.15) is 5.71 Å². The van der Waals surface area contributed by atoms with Crippen LogP contribution in [0.1, 0.15) is 27.6 Å². The molecule has 0 aliphatic heterocycles. The summed E-state index contributed by atoms with van der Waals surface area (Å²) in [7, 11) is 0. The van der Waals surface area contributed by atoms with Crippen molar-refractivity contribution in [2.75, 3.05) is 6.26 Å². The third-order valence-electron chi connectivity index (χ3n) is 3.17. The van der Waals surface area contributed by atoms with Gasteiger partial charge in [-0.3, -0.25) is 9.59 Å². The summed E-state index contributed by atoms with van der Waals surface area (Å²) in [4.78, 5) is 41.3. The van der Waals surface area contributed by atoms with Gasteiger partial charge in [0.05, 0.1) is 0 Å². The van der Waals surface area contributed by atoms with Crippen molar-refractivity contribution in [1.29, 1.82) is 0 Å². The van der Waals surface area contributed by atoms with Crippen molar-refractivity contribution in [3.05, 3.63) is 65.7 Å². The van der Waals surface area contributed by atoms with Crippen molar-refractivity contribution in [3.8, 4) is 0 Å². The lowest BCUT2D eigenvalue weighted by molar-refractivity contribution is -0.138. The van der Waals surface area contributed by atoms with Gasteiger partial charge in [0.15, 0.2) is 0 Å². The van der Waals surface area contributed by atoms with Crippen LogP contribution in [0.4, 0.5) is 0 Å². The zero-order valence-corrected chi connectivity index (χ0v) is 14.0. The Morgan fingerprint density at radius 1 is 0.875 bits per heavy atom. The SMILES string of the molecule is CSc1ccc(C(=O)/C(C)=N/OC(=O)C(=O)c2ccccc2)cc1. The first-order valence-electron chi connectivity index (χ1n) is 7.07. The van der Waals surface area contributed by atoms with Gasteiger partial charge in [0.2, 0.25) is 5.78 Å². The van der Waals surface area contributed by atoms with E-state index in [1.54, 1.807) is 42.1 Å². The molecule has 0 heterocycles. The molecule has 0 aromatic heterocycles. The maximum absolute atomic E-state index is 12.2. The third-order valence-corrected chi connectivity index (χ3v) is 3.91. The molecule has 0 aliphatic rings. The quantitative estimate of drug-likeness (QED) is 0.201. The average molecular weight is 341 g/mol. The van der Waals surface area contributed by atoms with Gasteiger partial charge in [-0.1, -0.05) is 35.5 Å². The van der Waals surface area contributed by atoms with Gasteiger partial charge in [-0.2, -0.15) is 0 Å². The van der Waals surface area contributed by atoms with E-state index < -0.39 is 11.8 Å². The van der Waals surface area contributed by atoms with Crippen LogP contribution < -0.4 is 0 Å². The highest BCUT2D eigenvalue weighted by Crippen LogP contribution is 2.15. The van der Waals surface area contributed by atoms with Gasteiger partial charge >= 0.3 is 5.97 Å². The number of carbonyl (C=O) groups excluding carboxylic acids is 3. The van der Waals surface area contributed by atoms with E-state index in [1.807, 2.05) is 18.4 Å². The van der Waals surface area contributed by atoms with Gasteiger partial charge in [-0.15, -0.1) is 11.8 Å². The van der Waals surface area contributed by atoms with Crippen LogP contribution in [-0.2, 0) is 9.63 Å². The molecule has 0 saturated heterocycles. The first-order valence-corrected chi connectivity index (χ1v) is 8.29. The number of nitrogens with zero attached hydrogens (tertiary/aromatic N) is 1. The Balaban J connectivity index is 2.03. The second kappa shape index (κ2) is 8.21. The number of thioether (sulfide) groups is 1. The predicted octanol–water partition coefficient (Wildman–Crippen LogP) is 3.39. The number of rotatable bonds is 6. The van der Waals surface area contributed by atoms with Crippen LogP contribution >= 0.6 is 11.8 Å². The van der Waals surface area contributed by atoms with Crippen LogP contribution in [0.3, 0.4) is 0 Å². The molecule has 2 aromatic rings. The zero-order chi connectivity index (χ0) is 17.5. The average Bonchev–Trinajstić information content (AvgIpc) is 2.65. The molecule has 6 heteroatoms. The van der Waals surface area contributed by atoms with Crippen molar-refractivity contribution < 1.29 is 19.2 Å². The lowest BCUT2D eigenvalue weighted by Crippen LogP contribution is -2.18. The Kier molecular flexibility index (Phi) is 6.03. The van der Waals surface area contributed by atoms with E-state index in [0.29, 0.717) is 5.56 Å². The normalized spacial score (nSPS) is 11.0. The molecular formula is C18H15NO4S. The number of ketones is 2. The summed E-state index contributed by atoms with van der Waals surface area (Å²) >= 11 is 1.56. The van der Waals surface area contributed by atoms with E-state index in [1.165, 1.54) is 19.1 Å². The zero-order valence-electron chi connectivity index (χ0n) is 13.2. The molecule has 0 atom stereocenters. The Bertz CT molecular complexity index is 782. The largest absolute Gasteiger partial charge is 0.405 e. The van der Waals surface area contributed by atoms with Crippen molar-refractivity contribution in [1.82, 2.24) is 0 Å². The van der Waals surface area contributed by atoms with Gasteiger partial charge < -0.3 is 4.84 Å². The lowest BCUT2D eigenvalue weighted by Gasteiger charge is -2.02. The van der Waals surface area contributed by atoms with Crippen molar-refractivity contribution in [2.45, 2.75) is 11.8 Å². The van der Waals surface area contributed by atoms with Crippen LogP contribution in [0.25, 0.3) is 0 Å². The van der Waals surface area contributed by atoms with Crippen LogP contribution in [0.5, 0.6) is 0 Å². The monoisotopic (exact) mass is 341 g/mol. The van der Waals surface area contributed by atoms with E-state index in [-0.39, 0.29) is 17.1 Å². The van der Waals surface area contributed by atoms with E-state index >= 15 is 0 Å².